The maximum atomic E-state index is 4.48. The van der Waals surface area contributed by atoms with Crippen LogP contribution in [0.2, 0.25) is 0 Å². The first-order valence-electron chi connectivity index (χ1n) is 4.14. The largest absolute Gasteiger partial charge is 0.365 e. The number of fused-ring (bicyclic) bond motifs is 1. The van der Waals surface area contributed by atoms with Gasteiger partial charge in [0, 0.05) is 31.4 Å². The van der Waals surface area contributed by atoms with Crippen molar-refractivity contribution in [3.63, 3.8) is 0 Å². The zero-order chi connectivity index (χ0) is 8.55. The van der Waals surface area contributed by atoms with E-state index in [0.29, 0.717) is 0 Å². The summed E-state index contributed by atoms with van der Waals surface area (Å²) in [6.07, 6.45) is 1.10. The predicted molar refractivity (Wildman–Crippen MR) is 51.7 cm³/mol. The lowest BCUT2D eigenvalue weighted by Gasteiger charge is -2.20. The summed E-state index contributed by atoms with van der Waals surface area (Å²) in [5.41, 5.74) is 1.29. The summed E-state index contributed by atoms with van der Waals surface area (Å²) in [4.78, 5) is 8.24. The zero-order valence-corrected chi connectivity index (χ0v) is 8.24. The van der Waals surface area contributed by atoms with Gasteiger partial charge in [-0.15, -0.1) is 11.3 Å². The molecule has 3 nitrogen and oxygen atoms in total. The van der Waals surface area contributed by atoms with Gasteiger partial charge >= 0.3 is 0 Å². The molecular weight excluding hydrogens is 170 g/mol. The summed E-state index contributed by atoms with van der Waals surface area (Å²) in [5.74, 6) is 0. The van der Waals surface area contributed by atoms with E-state index < -0.39 is 0 Å². The minimum Gasteiger partial charge on any atom is -0.365 e. The summed E-state index contributed by atoms with van der Waals surface area (Å²) in [6.45, 7) is 2.20. The molecule has 4 heteroatoms. The van der Waals surface area contributed by atoms with Crippen LogP contribution in [0.4, 0.5) is 5.13 Å². The van der Waals surface area contributed by atoms with E-state index in [1.165, 1.54) is 10.6 Å². The monoisotopic (exact) mass is 183 g/mol. The van der Waals surface area contributed by atoms with E-state index >= 15 is 0 Å². The highest BCUT2D eigenvalue weighted by molar-refractivity contribution is 7.15. The molecular formula is C8H13N3S. The molecule has 0 amide bonds. The molecule has 0 radical (unpaired) electrons. The first-order chi connectivity index (χ1) is 5.79. The highest BCUT2D eigenvalue weighted by Crippen LogP contribution is 2.26. The molecule has 2 heterocycles. The number of anilines is 1. The van der Waals surface area contributed by atoms with E-state index in [9.17, 15) is 0 Å². The van der Waals surface area contributed by atoms with Crippen LogP contribution in [0.15, 0.2) is 0 Å². The van der Waals surface area contributed by atoms with Gasteiger partial charge in [0.25, 0.3) is 0 Å². The van der Waals surface area contributed by atoms with Crippen LogP contribution in [0.3, 0.4) is 0 Å². The molecule has 0 saturated heterocycles. The second kappa shape index (κ2) is 3.03. The first kappa shape index (κ1) is 8.01. The van der Waals surface area contributed by atoms with E-state index in [2.05, 4.69) is 22.2 Å². The van der Waals surface area contributed by atoms with Crippen LogP contribution < -0.4 is 5.32 Å². The molecule has 1 aromatic heterocycles. The van der Waals surface area contributed by atoms with Crippen LogP contribution in [0.25, 0.3) is 0 Å². The average Bonchev–Trinajstić information content (AvgIpc) is 2.46. The van der Waals surface area contributed by atoms with Crippen LogP contribution in [0, 0.1) is 0 Å². The van der Waals surface area contributed by atoms with Crippen molar-refractivity contribution in [2.45, 2.75) is 13.0 Å². The van der Waals surface area contributed by atoms with E-state index in [0.717, 1.165) is 24.6 Å². The van der Waals surface area contributed by atoms with Gasteiger partial charge < -0.3 is 10.2 Å². The number of hydrogen-bond acceptors (Lipinski definition) is 4. The fraction of sp³-hybridized carbons (Fsp3) is 0.625. The third-order valence-electron chi connectivity index (χ3n) is 2.14. The van der Waals surface area contributed by atoms with Gasteiger partial charge in [0.2, 0.25) is 0 Å². The first-order valence-corrected chi connectivity index (χ1v) is 4.96. The summed E-state index contributed by atoms with van der Waals surface area (Å²) in [5, 5.41) is 4.14. The lowest BCUT2D eigenvalue weighted by Crippen LogP contribution is -2.25. The molecule has 0 bridgehead atoms. The minimum absolute atomic E-state index is 1.05. The number of nitrogens with zero attached hydrogens (tertiary/aromatic N) is 2. The Balaban J connectivity index is 2.28. The molecule has 0 aliphatic carbocycles. The van der Waals surface area contributed by atoms with Crippen LogP contribution in [0.5, 0.6) is 0 Å². The molecule has 1 aliphatic heterocycles. The Bertz CT molecular complexity index is 282. The fourth-order valence-corrected chi connectivity index (χ4v) is 2.47. The molecule has 12 heavy (non-hydrogen) atoms. The smallest absolute Gasteiger partial charge is 0.182 e. The molecule has 0 aromatic carbocycles. The van der Waals surface area contributed by atoms with E-state index in [-0.39, 0.29) is 0 Å². The van der Waals surface area contributed by atoms with Gasteiger partial charge in [-0.1, -0.05) is 0 Å². The zero-order valence-electron chi connectivity index (χ0n) is 7.42. The van der Waals surface area contributed by atoms with Crippen molar-refractivity contribution in [1.29, 1.82) is 0 Å². The Morgan fingerprint density at radius 2 is 2.42 bits per heavy atom. The van der Waals surface area contributed by atoms with Crippen molar-refractivity contribution in [3.8, 4) is 0 Å². The summed E-state index contributed by atoms with van der Waals surface area (Å²) in [6, 6.07) is 0. The predicted octanol–water partition coefficient (Wildman–Crippen LogP) is 1.17. The molecule has 0 atom stereocenters. The molecule has 1 aromatic rings. The van der Waals surface area contributed by atoms with Crippen molar-refractivity contribution in [2.75, 3.05) is 26.0 Å². The number of likely N-dealkylation sites (N-methyl/N-ethyl adjacent to an activating group) is 1. The van der Waals surface area contributed by atoms with Gasteiger partial charge in [-0.3, -0.25) is 0 Å². The number of thiazole rings is 1. The lowest BCUT2D eigenvalue weighted by molar-refractivity contribution is 0.314. The van der Waals surface area contributed by atoms with Crippen molar-refractivity contribution < 1.29 is 0 Å². The van der Waals surface area contributed by atoms with Gasteiger partial charge in [-0.25, -0.2) is 4.98 Å². The summed E-state index contributed by atoms with van der Waals surface area (Å²) < 4.78 is 0. The Labute approximate surface area is 76.4 Å². The normalized spacial score (nSPS) is 17.5. The van der Waals surface area contributed by atoms with Crippen LogP contribution in [0.1, 0.15) is 10.6 Å². The van der Waals surface area contributed by atoms with Crippen molar-refractivity contribution in [3.05, 3.63) is 10.6 Å². The van der Waals surface area contributed by atoms with Gasteiger partial charge in [-0.2, -0.15) is 0 Å². The third kappa shape index (κ3) is 1.32. The molecule has 2 rings (SSSR count). The molecule has 0 spiro atoms. The molecule has 0 unspecified atom stereocenters. The lowest BCUT2D eigenvalue weighted by atomic mass is 10.2. The molecule has 66 valence electrons. The van der Waals surface area contributed by atoms with E-state index in [1.807, 2.05) is 7.05 Å². The number of rotatable bonds is 1. The van der Waals surface area contributed by atoms with Crippen molar-refractivity contribution in [2.24, 2.45) is 0 Å². The van der Waals surface area contributed by atoms with Crippen LogP contribution in [-0.4, -0.2) is 30.5 Å². The Kier molecular flexibility index (Phi) is 2.02. The second-order valence-electron chi connectivity index (χ2n) is 3.13. The molecule has 1 N–H and O–H groups in total. The Hall–Kier alpha value is -0.610. The van der Waals surface area contributed by atoms with Crippen LogP contribution >= 0.6 is 11.3 Å². The topological polar surface area (TPSA) is 28.2 Å². The molecule has 1 aliphatic rings. The SMILES string of the molecule is CNc1nc2c(s1)CN(C)CC2. The molecule has 0 saturated carbocycles. The van der Waals surface area contributed by atoms with Gasteiger partial charge in [-0.05, 0) is 7.05 Å². The summed E-state index contributed by atoms with van der Waals surface area (Å²) in [7, 11) is 4.08. The average molecular weight is 183 g/mol. The van der Waals surface area contributed by atoms with E-state index in [4.69, 9.17) is 0 Å². The third-order valence-corrected chi connectivity index (χ3v) is 3.24. The van der Waals surface area contributed by atoms with E-state index in [1.54, 1.807) is 11.3 Å². The maximum absolute atomic E-state index is 4.48. The van der Waals surface area contributed by atoms with Crippen molar-refractivity contribution >= 4 is 16.5 Å². The van der Waals surface area contributed by atoms with Gasteiger partial charge in [0.1, 0.15) is 0 Å². The quantitative estimate of drug-likeness (QED) is 0.708. The number of nitrogens with one attached hydrogen (secondary N) is 1. The Morgan fingerprint density at radius 1 is 1.58 bits per heavy atom. The van der Waals surface area contributed by atoms with Crippen LogP contribution in [-0.2, 0) is 13.0 Å². The highest BCUT2D eigenvalue weighted by atomic mass is 32.1. The van der Waals surface area contributed by atoms with Crippen molar-refractivity contribution in [1.82, 2.24) is 9.88 Å². The fourth-order valence-electron chi connectivity index (χ4n) is 1.43. The highest BCUT2D eigenvalue weighted by Gasteiger charge is 2.17. The standard InChI is InChI=1S/C8H13N3S/c1-9-8-10-6-3-4-11(2)5-7(6)12-8/h3-5H2,1-2H3,(H,9,10). The van der Waals surface area contributed by atoms with Gasteiger partial charge in [0.15, 0.2) is 5.13 Å². The Morgan fingerprint density at radius 3 is 3.17 bits per heavy atom. The summed E-state index contributed by atoms with van der Waals surface area (Å²) >= 11 is 1.78. The maximum Gasteiger partial charge on any atom is 0.182 e. The second-order valence-corrected chi connectivity index (χ2v) is 4.21. The van der Waals surface area contributed by atoms with Gasteiger partial charge in [0.05, 0.1) is 5.69 Å². The number of aromatic nitrogens is 1. The molecule has 0 fully saturated rings. The number of hydrogen-bond donors (Lipinski definition) is 1. The minimum atomic E-state index is 1.05.